The van der Waals surface area contributed by atoms with Crippen LogP contribution >= 0.6 is 0 Å². The first-order valence-electron chi connectivity index (χ1n) is 19.5. The molecule has 0 saturated heterocycles. The van der Waals surface area contributed by atoms with E-state index >= 15 is 0 Å². The summed E-state index contributed by atoms with van der Waals surface area (Å²) >= 11 is 0. The SMILES string of the molecule is CC1(C)c2ccc(N(c3ccc(-c4cccc(-c5ccccc5)c4)cc3)c3ccccc3-c3ccccc3-c3ccccc3)cc2-c2cc3ccccc3cc21. The Morgan fingerprint density at radius 2 is 0.821 bits per heavy atom. The van der Waals surface area contributed by atoms with E-state index in [4.69, 9.17) is 0 Å². The zero-order valence-electron chi connectivity index (χ0n) is 31.7. The molecular weight excluding hydrogens is 675 g/mol. The van der Waals surface area contributed by atoms with Crippen molar-refractivity contribution in [2.75, 3.05) is 4.90 Å². The molecule has 1 aliphatic rings. The lowest BCUT2D eigenvalue weighted by Crippen LogP contribution is -2.15. The molecule has 0 saturated carbocycles. The number of hydrogen-bond acceptors (Lipinski definition) is 1. The van der Waals surface area contributed by atoms with Crippen LogP contribution in [0.15, 0.2) is 212 Å². The number of nitrogens with zero attached hydrogens (tertiary/aromatic N) is 1. The number of hydrogen-bond donors (Lipinski definition) is 0. The minimum Gasteiger partial charge on any atom is -0.310 e. The highest BCUT2D eigenvalue weighted by molar-refractivity contribution is 5.97. The van der Waals surface area contributed by atoms with E-state index in [0.29, 0.717) is 0 Å². The minimum absolute atomic E-state index is 0.111. The van der Waals surface area contributed by atoms with Gasteiger partial charge in [0.1, 0.15) is 0 Å². The van der Waals surface area contributed by atoms with Gasteiger partial charge in [-0.05, 0) is 121 Å². The molecule has 0 amide bonds. The summed E-state index contributed by atoms with van der Waals surface area (Å²) in [5, 5.41) is 2.56. The molecule has 0 bridgehead atoms. The lowest BCUT2D eigenvalue weighted by Gasteiger charge is -2.29. The van der Waals surface area contributed by atoms with E-state index in [-0.39, 0.29) is 5.41 Å². The summed E-state index contributed by atoms with van der Waals surface area (Å²) in [6, 6.07) is 77.6. The van der Waals surface area contributed by atoms with Gasteiger partial charge >= 0.3 is 0 Å². The monoisotopic (exact) mass is 715 g/mol. The molecule has 266 valence electrons. The summed E-state index contributed by atoms with van der Waals surface area (Å²) in [5.41, 5.74) is 18.2. The summed E-state index contributed by atoms with van der Waals surface area (Å²) in [5.74, 6) is 0. The molecule has 0 aromatic heterocycles. The van der Waals surface area contributed by atoms with Crippen LogP contribution in [-0.4, -0.2) is 0 Å². The first-order chi connectivity index (χ1) is 27.5. The number of fused-ring (bicyclic) bond motifs is 4. The molecule has 1 nitrogen and oxygen atoms in total. The van der Waals surface area contributed by atoms with Crippen molar-refractivity contribution in [2.45, 2.75) is 19.3 Å². The van der Waals surface area contributed by atoms with Gasteiger partial charge in [0.05, 0.1) is 5.69 Å². The van der Waals surface area contributed by atoms with Crippen molar-refractivity contribution >= 4 is 27.8 Å². The maximum atomic E-state index is 2.45. The van der Waals surface area contributed by atoms with Gasteiger partial charge in [-0.25, -0.2) is 0 Å². The Kier molecular flexibility index (Phi) is 8.23. The average molecular weight is 716 g/mol. The highest BCUT2D eigenvalue weighted by Crippen LogP contribution is 2.52. The van der Waals surface area contributed by atoms with Crippen LogP contribution in [0.3, 0.4) is 0 Å². The van der Waals surface area contributed by atoms with Crippen LogP contribution in [-0.2, 0) is 5.41 Å². The van der Waals surface area contributed by atoms with Crippen LogP contribution in [0.1, 0.15) is 25.0 Å². The fraction of sp³-hybridized carbons (Fsp3) is 0.0545. The molecule has 9 aromatic rings. The van der Waals surface area contributed by atoms with Gasteiger partial charge in [0.15, 0.2) is 0 Å². The molecule has 0 spiro atoms. The van der Waals surface area contributed by atoms with Crippen LogP contribution in [0.4, 0.5) is 17.1 Å². The second kappa shape index (κ2) is 13.7. The number of anilines is 3. The number of rotatable bonds is 7. The van der Waals surface area contributed by atoms with Crippen LogP contribution in [0, 0.1) is 0 Å². The zero-order valence-corrected chi connectivity index (χ0v) is 31.7. The predicted molar refractivity (Wildman–Crippen MR) is 238 cm³/mol. The smallest absolute Gasteiger partial charge is 0.0540 e. The van der Waals surface area contributed by atoms with Crippen molar-refractivity contribution in [3.8, 4) is 55.6 Å². The van der Waals surface area contributed by atoms with Gasteiger partial charge in [0, 0.05) is 22.4 Å². The quantitative estimate of drug-likeness (QED) is 0.159. The Balaban J connectivity index is 1.15. The Hall–Kier alpha value is -6.96. The van der Waals surface area contributed by atoms with E-state index in [1.165, 1.54) is 77.5 Å². The van der Waals surface area contributed by atoms with Gasteiger partial charge in [-0.1, -0.05) is 178 Å². The zero-order chi connectivity index (χ0) is 37.6. The maximum absolute atomic E-state index is 2.45. The van der Waals surface area contributed by atoms with Gasteiger partial charge in [0.25, 0.3) is 0 Å². The third kappa shape index (κ3) is 5.81. The van der Waals surface area contributed by atoms with Crippen LogP contribution in [0.5, 0.6) is 0 Å². The van der Waals surface area contributed by atoms with Gasteiger partial charge < -0.3 is 4.90 Å². The van der Waals surface area contributed by atoms with Crippen molar-refractivity contribution < 1.29 is 0 Å². The van der Waals surface area contributed by atoms with E-state index in [0.717, 1.165) is 17.1 Å². The van der Waals surface area contributed by atoms with Crippen molar-refractivity contribution in [3.63, 3.8) is 0 Å². The molecule has 9 aromatic carbocycles. The Morgan fingerprint density at radius 3 is 1.54 bits per heavy atom. The highest BCUT2D eigenvalue weighted by atomic mass is 15.1. The predicted octanol–water partition coefficient (Wildman–Crippen LogP) is 15.3. The lowest BCUT2D eigenvalue weighted by molar-refractivity contribution is 0.661. The van der Waals surface area contributed by atoms with E-state index in [2.05, 4.69) is 231 Å². The van der Waals surface area contributed by atoms with Crippen LogP contribution in [0.25, 0.3) is 66.4 Å². The summed E-state index contributed by atoms with van der Waals surface area (Å²) in [7, 11) is 0. The molecule has 0 fully saturated rings. The molecule has 0 N–H and O–H groups in total. The van der Waals surface area contributed by atoms with Gasteiger partial charge in [-0.2, -0.15) is 0 Å². The third-order valence-electron chi connectivity index (χ3n) is 11.7. The lowest BCUT2D eigenvalue weighted by atomic mass is 9.82. The Labute approximate surface area is 329 Å². The fourth-order valence-corrected chi connectivity index (χ4v) is 8.79. The summed E-state index contributed by atoms with van der Waals surface area (Å²) in [6.45, 7) is 4.73. The molecule has 1 aliphatic carbocycles. The van der Waals surface area contributed by atoms with Crippen molar-refractivity contribution in [2.24, 2.45) is 0 Å². The minimum atomic E-state index is -0.111. The van der Waals surface area contributed by atoms with E-state index < -0.39 is 0 Å². The van der Waals surface area contributed by atoms with E-state index in [1.807, 2.05) is 0 Å². The molecule has 0 atom stereocenters. The molecular formula is C55H41N. The first-order valence-corrected chi connectivity index (χ1v) is 19.5. The van der Waals surface area contributed by atoms with Crippen LogP contribution < -0.4 is 4.90 Å². The van der Waals surface area contributed by atoms with Gasteiger partial charge in [-0.15, -0.1) is 0 Å². The first kappa shape index (κ1) is 33.6. The second-order valence-corrected chi connectivity index (χ2v) is 15.4. The van der Waals surface area contributed by atoms with Gasteiger partial charge in [-0.3, -0.25) is 0 Å². The topological polar surface area (TPSA) is 3.24 Å². The molecule has 0 aliphatic heterocycles. The van der Waals surface area contributed by atoms with Crippen molar-refractivity contribution in [1.82, 2.24) is 0 Å². The summed E-state index contributed by atoms with van der Waals surface area (Å²) < 4.78 is 0. The normalized spacial score (nSPS) is 12.6. The molecule has 1 heteroatoms. The number of benzene rings is 9. The largest absolute Gasteiger partial charge is 0.310 e. The van der Waals surface area contributed by atoms with E-state index in [9.17, 15) is 0 Å². The second-order valence-electron chi connectivity index (χ2n) is 15.4. The average Bonchev–Trinajstić information content (AvgIpc) is 3.48. The third-order valence-corrected chi connectivity index (χ3v) is 11.7. The fourth-order valence-electron chi connectivity index (χ4n) is 8.79. The molecule has 0 radical (unpaired) electrons. The highest BCUT2D eigenvalue weighted by Gasteiger charge is 2.36. The maximum Gasteiger partial charge on any atom is 0.0540 e. The molecule has 56 heavy (non-hydrogen) atoms. The van der Waals surface area contributed by atoms with Crippen LogP contribution in [0.2, 0.25) is 0 Å². The molecule has 0 unspecified atom stereocenters. The Morgan fingerprint density at radius 1 is 0.304 bits per heavy atom. The Bertz CT molecular complexity index is 2870. The summed E-state index contributed by atoms with van der Waals surface area (Å²) in [6.07, 6.45) is 0. The van der Waals surface area contributed by atoms with E-state index in [1.54, 1.807) is 0 Å². The molecule has 0 heterocycles. The molecule has 10 rings (SSSR count). The number of para-hydroxylation sites is 1. The van der Waals surface area contributed by atoms with Crippen molar-refractivity contribution in [3.05, 3.63) is 223 Å². The van der Waals surface area contributed by atoms with Gasteiger partial charge in [0.2, 0.25) is 0 Å². The van der Waals surface area contributed by atoms with Crippen molar-refractivity contribution in [1.29, 1.82) is 0 Å². The standard InChI is InChI=1S/C55H41N/c1-55(2)52-33-32-46(37-51(52)50-35-43-20-9-10-21-44(43)36-53(50)55)56(45-30-28-39(29-31-45)42-23-15-22-41(34-42)38-16-5-3-6-17-38)54-27-14-13-26-49(54)48-25-12-11-24-47(48)40-18-7-4-8-19-40/h3-37H,1-2H3. The summed E-state index contributed by atoms with van der Waals surface area (Å²) in [4.78, 5) is 2.45.